The monoisotopic (exact) mass is 388 g/mol. The first-order valence-corrected chi connectivity index (χ1v) is 8.85. The number of nitrogens with zero attached hydrogens (tertiary/aromatic N) is 4. The Kier molecular flexibility index (Phi) is 5.48. The van der Waals surface area contributed by atoms with Gasteiger partial charge in [-0.3, -0.25) is 9.69 Å². The fraction of sp³-hybridized carbons (Fsp3) is 0.333. The molecule has 0 bridgehead atoms. The topological polar surface area (TPSA) is 41.4 Å². The Bertz CT molecular complexity index is 764. The lowest BCUT2D eigenvalue weighted by molar-refractivity contribution is 0.284. The van der Waals surface area contributed by atoms with Crippen molar-refractivity contribution >= 4 is 27.7 Å². The van der Waals surface area contributed by atoms with Crippen LogP contribution < -0.4 is 10.5 Å². The van der Waals surface area contributed by atoms with E-state index in [9.17, 15) is 4.79 Å². The van der Waals surface area contributed by atoms with Crippen LogP contribution in [0.4, 0.5) is 5.69 Å². The van der Waals surface area contributed by atoms with E-state index in [-0.39, 0.29) is 5.56 Å². The minimum Gasteiger partial charge on any atom is -0.367 e. The lowest BCUT2D eigenvalue weighted by atomic mass is 10.2. The van der Waals surface area contributed by atoms with E-state index in [4.69, 9.17) is 0 Å². The quantitative estimate of drug-likeness (QED) is 0.806. The third-order valence-electron chi connectivity index (χ3n) is 4.25. The van der Waals surface area contributed by atoms with Gasteiger partial charge in [0, 0.05) is 39.8 Å². The summed E-state index contributed by atoms with van der Waals surface area (Å²) in [7, 11) is 1.66. The fourth-order valence-electron chi connectivity index (χ4n) is 2.80. The van der Waals surface area contributed by atoms with Crippen molar-refractivity contribution in [3.8, 4) is 0 Å². The zero-order valence-electron chi connectivity index (χ0n) is 13.7. The summed E-state index contributed by atoms with van der Waals surface area (Å²) in [5.74, 6) is 0. The molecule has 0 amide bonds. The molecular formula is C18H21BrN4O. The molecule has 1 aliphatic rings. The minimum absolute atomic E-state index is 0.0966. The van der Waals surface area contributed by atoms with Crippen molar-refractivity contribution in [2.45, 2.75) is 0 Å². The molecule has 0 radical (unpaired) electrons. The predicted octanol–water partition coefficient (Wildman–Crippen LogP) is 2.38. The van der Waals surface area contributed by atoms with Gasteiger partial charge in [0.15, 0.2) is 0 Å². The summed E-state index contributed by atoms with van der Waals surface area (Å²) in [4.78, 5) is 16.6. The molecule has 2 aromatic rings. The molecule has 0 unspecified atom stereocenters. The van der Waals surface area contributed by atoms with E-state index in [0.29, 0.717) is 4.47 Å². The molecular weight excluding hydrogens is 368 g/mol. The van der Waals surface area contributed by atoms with E-state index < -0.39 is 0 Å². The van der Waals surface area contributed by atoms with E-state index >= 15 is 0 Å². The molecule has 5 nitrogen and oxygen atoms in total. The Morgan fingerprint density at radius 1 is 1.17 bits per heavy atom. The van der Waals surface area contributed by atoms with Crippen LogP contribution >= 0.6 is 15.9 Å². The minimum atomic E-state index is -0.0966. The van der Waals surface area contributed by atoms with Gasteiger partial charge in [0.05, 0.1) is 11.9 Å². The van der Waals surface area contributed by atoms with Gasteiger partial charge in [0.1, 0.15) is 4.47 Å². The Balaban J connectivity index is 1.55. The summed E-state index contributed by atoms with van der Waals surface area (Å²) in [6.07, 6.45) is 6.13. The fourth-order valence-corrected chi connectivity index (χ4v) is 3.41. The maximum atomic E-state index is 12.0. The van der Waals surface area contributed by atoms with Crippen LogP contribution in [0.3, 0.4) is 0 Å². The van der Waals surface area contributed by atoms with Crippen LogP contribution in [-0.4, -0.2) is 47.4 Å². The van der Waals surface area contributed by atoms with E-state index in [1.807, 2.05) is 6.07 Å². The SMILES string of the molecule is Cn1ncc(N2CCN(C/C=C/c3ccccc3)CC2)c(Br)c1=O. The van der Waals surface area contributed by atoms with Crippen LogP contribution in [-0.2, 0) is 7.05 Å². The lowest BCUT2D eigenvalue weighted by Gasteiger charge is -2.35. The molecule has 1 saturated heterocycles. The van der Waals surface area contributed by atoms with Gasteiger partial charge in [0.25, 0.3) is 5.56 Å². The van der Waals surface area contributed by atoms with Crippen molar-refractivity contribution in [1.29, 1.82) is 0 Å². The van der Waals surface area contributed by atoms with Gasteiger partial charge in [-0.1, -0.05) is 42.5 Å². The summed E-state index contributed by atoms with van der Waals surface area (Å²) in [5.41, 5.74) is 2.02. The van der Waals surface area contributed by atoms with E-state index in [1.165, 1.54) is 10.2 Å². The Morgan fingerprint density at radius 2 is 1.88 bits per heavy atom. The molecule has 0 atom stereocenters. The number of hydrogen-bond acceptors (Lipinski definition) is 4. The third kappa shape index (κ3) is 3.94. The second-order valence-corrected chi connectivity index (χ2v) is 6.67. The number of rotatable bonds is 4. The van der Waals surface area contributed by atoms with Gasteiger partial charge in [-0.15, -0.1) is 0 Å². The van der Waals surface area contributed by atoms with Crippen LogP contribution in [0, 0.1) is 0 Å². The number of aromatic nitrogens is 2. The van der Waals surface area contributed by atoms with Gasteiger partial charge < -0.3 is 4.90 Å². The number of anilines is 1. The van der Waals surface area contributed by atoms with Crippen LogP contribution in [0.1, 0.15) is 5.56 Å². The summed E-state index contributed by atoms with van der Waals surface area (Å²) in [6.45, 7) is 4.68. The highest BCUT2D eigenvalue weighted by molar-refractivity contribution is 9.10. The van der Waals surface area contributed by atoms with Crippen molar-refractivity contribution in [3.05, 3.63) is 63.0 Å². The first-order chi connectivity index (χ1) is 11.6. The maximum absolute atomic E-state index is 12.0. The second-order valence-electron chi connectivity index (χ2n) is 5.87. The molecule has 0 saturated carbocycles. The standard InChI is InChI=1S/C18H21BrN4O/c1-21-18(24)17(19)16(14-20-21)23-12-10-22(11-13-23)9-5-8-15-6-3-2-4-7-15/h2-8,14H,9-13H2,1H3/b8-5+. The van der Waals surface area contributed by atoms with Crippen LogP contribution in [0.15, 0.2) is 51.9 Å². The molecule has 1 fully saturated rings. The molecule has 1 aromatic carbocycles. The summed E-state index contributed by atoms with van der Waals surface area (Å²) in [6, 6.07) is 10.3. The number of hydrogen-bond donors (Lipinski definition) is 0. The van der Waals surface area contributed by atoms with E-state index in [2.05, 4.69) is 67.2 Å². The van der Waals surface area contributed by atoms with Crippen molar-refractivity contribution in [2.24, 2.45) is 7.05 Å². The molecule has 1 aromatic heterocycles. The third-order valence-corrected chi connectivity index (χ3v) is 4.99. The Morgan fingerprint density at radius 3 is 2.58 bits per heavy atom. The van der Waals surface area contributed by atoms with Crippen molar-refractivity contribution in [3.63, 3.8) is 0 Å². The van der Waals surface area contributed by atoms with Crippen molar-refractivity contribution in [2.75, 3.05) is 37.6 Å². The maximum Gasteiger partial charge on any atom is 0.282 e. The molecule has 0 N–H and O–H groups in total. The molecule has 1 aliphatic heterocycles. The highest BCUT2D eigenvalue weighted by Crippen LogP contribution is 2.22. The smallest absolute Gasteiger partial charge is 0.282 e. The molecule has 2 heterocycles. The van der Waals surface area contributed by atoms with Gasteiger partial charge in [-0.25, -0.2) is 4.68 Å². The summed E-state index contributed by atoms with van der Waals surface area (Å²) in [5, 5.41) is 4.12. The van der Waals surface area contributed by atoms with Crippen LogP contribution in [0.2, 0.25) is 0 Å². The Hall–Kier alpha value is -1.92. The molecule has 0 aliphatic carbocycles. The van der Waals surface area contributed by atoms with Crippen LogP contribution in [0.5, 0.6) is 0 Å². The molecule has 126 valence electrons. The van der Waals surface area contributed by atoms with Crippen LogP contribution in [0.25, 0.3) is 6.08 Å². The lowest BCUT2D eigenvalue weighted by Crippen LogP contribution is -2.47. The number of benzene rings is 1. The van der Waals surface area contributed by atoms with Gasteiger partial charge in [-0.05, 0) is 21.5 Å². The van der Waals surface area contributed by atoms with Crippen molar-refractivity contribution < 1.29 is 0 Å². The highest BCUT2D eigenvalue weighted by atomic mass is 79.9. The summed E-state index contributed by atoms with van der Waals surface area (Å²) >= 11 is 3.41. The zero-order chi connectivity index (χ0) is 16.9. The average Bonchev–Trinajstić information content (AvgIpc) is 2.62. The molecule has 0 spiro atoms. The summed E-state index contributed by atoms with van der Waals surface area (Å²) < 4.78 is 1.94. The van der Waals surface area contributed by atoms with Gasteiger partial charge >= 0.3 is 0 Å². The average molecular weight is 389 g/mol. The molecule has 24 heavy (non-hydrogen) atoms. The van der Waals surface area contributed by atoms with Gasteiger partial charge in [0.2, 0.25) is 0 Å². The van der Waals surface area contributed by atoms with Crippen molar-refractivity contribution in [1.82, 2.24) is 14.7 Å². The van der Waals surface area contributed by atoms with Gasteiger partial charge in [-0.2, -0.15) is 5.10 Å². The highest BCUT2D eigenvalue weighted by Gasteiger charge is 2.19. The largest absolute Gasteiger partial charge is 0.367 e. The van der Waals surface area contributed by atoms with E-state index in [1.54, 1.807) is 13.2 Å². The van der Waals surface area contributed by atoms with E-state index in [0.717, 1.165) is 38.4 Å². The number of aryl methyl sites for hydroxylation is 1. The Labute approximate surface area is 150 Å². The molecule has 3 rings (SSSR count). The second kappa shape index (κ2) is 7.77. The first kappa shape index (κ1) is 16.9. The zero-order valence-corrected chi connectivity index (χ0v) is 15.3. The predicted molar refractivity (Wildman–Crippen MR) is 101 cm³/mol. The molecule has 6 heteroatoms. The number of halogens is 1. The first-order valence-electron chi connectivity index (χ1n) is 8.06. The number of piperazine rings is 1. The normalized spacial score (nSPS) is 16.0.